The molecule has 5 nitrogen and oxygen atoms in total. The number of aliphatic carboxylic acids is 1. The van der Waals surface area contributed by atoms with E-state index in [-0.39, 0.29) is 12.6 Å². The van der Waals surface area contributed by atoms with E-state index in [2.05, 4.69) is 9.97 Å². The zero-order chi connectivity index (χ0) is 10.6. The van der Waals surface area contributed by atoms with E-state index in [4.69, 9.17) is 9.84 Å². The molecule has 1 heterocycles. The lowest BCUT2D eigenvalue weighted by atomic mass is 9.95. The van der Waals surface area contributed by atoms with Crippen LogP contribution in [0.3, 0.4) is 0 Å². The fourth-order valence-corrected chi connectivity index (χ4v) is 0.667. The normalized spacial score (nSPS) is 11.0. The fourth-order valence-electron chi connectivity index (χ4n) is 0.667. The lowest BCUT2D eigenvalue weighted by Gasteiger charge is -2.18. The Bertz CT molecular complexity index is 311. The van der Waals surface area contributed by atoms with E-state index < -0.39 is 11.4 Å². The summed E-state index contributed by atoms with van der Waals surface area (Å²) in [6, 6.07) is 1.86. The molecule has 0 saturated heterocycles. The van der Waals surface area contributed by atoms with Gasteiger partial charge in [-0.25, -0.2) is 9.97 Å². The van der Waals surface area contributed by atoms with E-state index in [1.54, 1.807) is 19.9 Å². The van der Waals surface area contributed by atoms with Gasteiger partial charge < -0.3 is 9.84 Å². The van der Waals surface area contributed by atoms with Crippen molar-refractivity contribution in [3.05, 3.63) is 18.5 Å². The number of ether oxygens (including phenoxy) is 1. The van der Waals surface area contributed by atoms with Crippen LogP contribution in [0.5, 0.6) is 6.01 Å². The first-order chi connectivity index (χ1) is 6.52. The van der Waals surface area contributed by atoms with Crippen molar-refractivity contribution < 1.29 is 14.6 Å². The minimum Gasteiger partial charge on any atom is -0.481 e. The van der Waals surface area contributed by atoms with Crippen LogP contribution in [0.1, 0.15) is 13.8 Å². The maximum atomic E-state index is 10.7. The van der Waals surface area contributed by atoms with Crippen molar-refractivity contribution in [1.29, 1.82) is 0 Å². The van der Waals surface area contributed by atoms with Gasteiger partial charge in [0.15, 0.2) is 0 Å². The van der Waals surface area contributed by atoms with Gasteiger partial charge >= 0.3 is 12.0 Å². The molecule has 0 aliphatic heterocycles. The molecule has 0 unspecified atom stereocenters. The molecule has 0 atom stereocenters. The molecule has 0 radical (unpaired) electrons. The molecule has 1 aromatic rings. The molecular formula is C9H12N2O3. The minimum absolute atomic E-state index is 0.0480. The third kappa shape index (κ3) is 2.69. The second-order valence-corrected chi connectivity index (χ2v) is 3.51. The highest BCUT2D eigenvalue weighted by atomic mass is 16.5. The summed E-state index contributed by atoms with van der Waals surface area (Å²) in [7, 11) is 0. The fraction of sp³-hybridized carbons (Fsp3) is 0.444. The summed E-state index contributed by atoms with van der Waals surface area (Å²) in [6.45, 7) is 3.21. The highest BCUT2D eigenvalue weighted by molar-refractivity contribution is 5.73. The maximum Gasteiger partial charge on any atom is 0.316 e. The van der Waals surface area contributed by atoms with Gasteiger partial charge in [-0.05, 0) is 19.9 Å². The molecular weight excluding hydrogens is 184 g/mol. The number of carbonyl (C=O) groups is 1. The summed E-state index contributed by atoms with van der Waals surface area (Å²) in [5.41, 5.74) is -0.931. The molecule has 1 N–H and O–H groups in total. The van der Waals surface area contributed by atoms with Crippen LogP contribution in [0.2, 0.25) is 0 Å². The summed E-state index contributed by atoms with van der Waals surface area (Å²) in [6.07, 6.45) is 3.08. The van der Waals surface area contributed by atoms with Gasteiger partial charge in [-0.15, -0.1) is 0 Å². The van der Waals surface area contributed by atoms with Crippen molar-refractivity contribution in [2.75, 3.05) is 6.61 Å². The van der Waals surface area contributed by atoms with Gasteiger partial charge in [-0.3, -0.25) is 4.79 Å². The third-order valence-electron chi connectivity index (χ3n) is 1.68. The summed E-state index contributed by atoms with van der Waals surface area (Å²) in [5, 5.41) is 8.80. The molecule has 0 amide bonds. The SMILES string of the molecule is CC(C)(COc1ncccn1)C(=O)O. The van der Waals surface area contributed by atoms with Crippen molar-refractivity contribution in [1.82, 2.24) is 9.97 Å². The first kappa shape index (κ1) is 10.4. The molecule has 0 fully saturated rings. The number of rotatable bonds is 4. The molecule has 1 aromatic heterocycles. The monoisotopic (exact) mass is 196 g/mol. The smallest absolute Gasteiger partial charge is 0.316 e. The second-order valence-electron chi connectivity index (χ2n) is 3.51. The zero-order valence-corrected chi connectivity index (χ0v) is 8.10. The number of carboxylic acids is 1. The van der Waals surface area contributed by atoms with E-state index in [0.717, 1.165) is 0 Å². The van der Waals surface area contributed by atoms with E-state index >= 15 is 0 Å². The highest BCUT2D eigenvalue weighted by Gasteiger charge is 2.28. The highest BCUT2D eigenvalue weighted by Crippen LogP contribution is 2.15. The molecule has 0 aliphatic carbocycles. The predicted octanol–water partition coefficient (Wildman–Crippen LogP) is 0.966. The van der Waals surface area contributed by atoms with Gasteiger partial charge in [0.05, 0.1) is 5.41 Å². The van der Waals surface area contributed by atoms with Crippen molar-refractivity contribution in [2.24, 2.45) is 5.41 Å². The Morgan fingerprint density at radius 3 is 2.57 bits per heavy atom. The maximum absolute atomic E-state index is 10.7. The van der Waals surface area contributed by atoms with Crippen LogP contribution in [0.15, 0.2) is 18.5 Å². The largest absolute Gasteiger partial charge is 0.481 e. The molecule has 14 heavy (non-hydrogen) atoms. The molecule has 0 bridgehead atoms. The lowest BCUT2D eigenvalue weighted by Crippen LogP contribution is -2.31. The average molecular weight is 196 g/mol. The Labute approximate surface area is 81.8 Å². The van der Waals surface area contributed by atoms with Gasteiger partial charge in [0, 0.05) is 12.4 Å². The van der Waals surface area contributed by atoms with Gasteiger partial charge in [-0.1, -0.05) is 0 Å². The van der Waals surface area contributed by atoms with Crippen LogP contribution in [-0.4, -0.2) is 27.7 Å². The molecule has 1 rings (SSSR count). The molecule has 76 valence electrons. The Hall–Kier alpha value is -1.65. The number of hydrogen-bond acceptors (Lipinski definition) is 4. The third-order valence-corrected chi connectivity index (χ3v) is 1.68. The molecule has 0 saturated carbocycles. The lowest BCUT2D eigenvalue weighted by molar-refractivity contribution is -0.148. The van der Waals surface area contributed by atoms with Crippen LogP contribution in [0, 0.1) is 5.41 Å². The van der Waals surface area contributed by atoms with E-state index in [9.17, 15) is 4.79 Å². The van der Waals surface area contributed by atoms with Crippen LogP contribution in [0.25, 0.3) is 0 Å². The summed E-state index contributed by atoms with van der Waals surface area (Å²) in [5.74, 6) is -0.909. The second kappa shape index (κ2) is 4.04. The van der Waals surface area contributed by atoms with Crippen molar-refractivity contribution in [3.8, 4) is 6.01 Å². The predicted molar refractivity (Wildman–Crippen MR) is 48.9 cm³/mol. The molecule has 5 heteroatoms. The minimum atomic E-state index is -0.931. The number of hydrogen-bond donors (Lipinski definition) is 1. The van der Waals surface area contributed by atoms with Crippen molar-refractivity contribution in [2.45, 2.75) is 13.8 Å². The van der Waals surface area contributed by atoms with Crippen molar-refractivity contribution >= 4 is 5.97 Å². The molecule has 0 aromatic carbocycles. The zero-order valence-electron chi connectivity index (χ0n) is 8.10. The summed E-state index contributed by atoms with van der Waals surface area (Å²) >= 11 is 0. The molecule has 0 aliphatic rings. The van der Waals surface area contributed by atoms with Crippen LogP contribution >= 0.6 is 0 Å². The van der Waals surface area contributed by atoms with Crippen LogP contribution in [0.4, 0.5) is 0 Å². The number of carboxylic acid groups (broad SMARTS) is 1. The Morgan fingerprint density at radius 2 is 2.07 bits per heavy atom. The first-order valence-electron chi connectivity index (χ1n) is 4.15. The van der Waals surface area contributed by atoms with E-state index in [1.165, 1.54) is 12.4 Å². The topological polar surface area (TPSA) is 72.3 Å². The number of aromatic nitrogens is 2. The first-order valence-corrected chi connectivity index (χ1v) is 4.15. The Kier molecular flexibility index (Phi) is 3.01. The summed E-state index contributed by atoms with van der Waals surface area (Å²) in [4.78, 5) is 18.4. The van der Waals surface area contributed by atoms with Crippen LogP contribution in [-0.2, 0) is 4.79 Å². The summed E-state index contributed by atoms with van der Waals surface area (Å²) < 4.78 is 5.13. The van der Waals surface area contributed by atoms with Gasteiger partial charge in [-0.2, -0.15) is 0 Å². The van der Waals surface area contributed by atoms with Crippen LogP contribution < -0.4 is 4.74 Å². The van der Waals surface area contributed by atoms with Gasteiger partial charge in [0.1, 0.15) is 6.61 Å². The van der Waals surface area contributed by atoms with E-state index in [0.29, 0.717) is 0 Å². The average Bonchev–Trinajstić information content (AvgIpc) is 2.16. The Morgan fingerprint density at radius 1 is 1.50 bits per heavy atom. The van der Waals surface area contributed by atoms with Crippen molar-refractivity contribution in [3.63, 3.8) is 0 Å². The quantitative estimate of drug-likeness (QED) is 0.776. The molecule has 0 spiro atoms. The Balaban J connectivity index is 2.53. The van der Waals surface area contributed by atoms with Gasteiger partial charge in [0.25, 0.3) is 0 Å². The van der Waals surface area contributed by atoms with E-state index in [1.807, 2.05) is 0 Å². The number of nitrogens with zero attached hydrogens (tertiary/aromatic N) is 2. The van der Waals surface area contributed by atoms with Gasteiger partial charge in [0.2, 0.25) is 0 Å². The standard InChI is InChI=1S/C9H12N2O3/c1-9(2,7(12)13)6-14-8-10-4-3-5-11-8/h3-5H,6H2,1-2H3,(H,12,13).